The van der Waals surface area contributed by atoms with Gasteiger partial charge in [0.2, 0.25) is 0 Å². The van der Waals surface area contributed by atoms with Crippen molar-refractivity contribution in [1.29, 1.82) is 0 Å². The zero-order chi connectivity index (χ0) is 22.6. The number of hydrogen-bond acceptors (Lipinski definition) is 7. The molecule has 1 fully saturated rings. The van der Waals surface area contributed by atoms with Crippen molar-refractivity contribution in [3.8, 4) is 0 Å². The van der Waals surface area contributed by atoms with Gasteiger partial charge in [-0.2, -0.15) is 0 Å². The first-order valence-electron chi connectivity index (χ1n) is 9.97. The van der Waals surface area contributed by atoms with Gasteiger partial charge >= 0.3 is 0 Å². The van der Waals surface area contributed by atoms with E-state index in [0.717, 1.165) is 44.6 Å². The summed E-state index contributed by atoms with van der Waals surface area (Å²) in [5, 5.41) is 13.9. The molecule has 0 aliphatic carbocycles. The molecule has 2 aromatic rings. The molecule has 1 unspecified atom stereocenters. The van der Waals surface area contributed by atoms with Crippen LogP contribution < -0.4 is 10.2 Å². The maximum Gasteiger partial charge on any atom is 0.271 e. The fourth-order valence-electron chi connectivity index (χ4n) is 3.57. The van der Waals surface area contributed by atoms with Crippen LogP contribution in [-0.2, 0) is 9.84 Å². The third kappa shape index (κ3) is 5.80. The molecular formula is C21H26N4O5S. The lowest BCUT2D eigenvalue weighted by Gasteiger charge is -2.39. The van der Waals surface area contributed by atoms with Crippen molar-refractivity contribution in [1.82, 2.24) is 10.2 Å². The highest BCUT2D eigenvalue weighted by Crippen LogP contribution is 2.21. The van der Waals surface area contributed by atoms with Crippen molar-refractivity contribution in [3.05, 3.63) is 64.2 Å². The van der Waals surface area contributed by atoms with Crippen LogP contribution in [0.1, 0.15) is 17.3 Å². The molecule has 0 bridgehead atoms. The number of nitrogens with one attached hydrogen (secondary N) is 1. The van der Waals surface area contributed by atoms with Gasteiger partial charge in [-0.25, -0.2) is 8.42 Å². The Bertz CT molecular complexity index is 1050. The summed E-state index contributed by atoms with van der Waals surface area (Å²) >= 11 is 0. The number of non-ortho nitro benzene ring substituents is 1. The van der Waals surface area contributed by atoms with E-state index in [1.54, 1.807) is 0 Å². The fourth-order valence-corrected chi connectivity index (χ4v) is 4.24. The Balaban J connectivity index is 1.59. The maximum absolute atomic E-state index is 12.6. The molecule has 0 spiro atoms. The minimum Gasteiger partial charge on any atom is -0.369 e. The van der Waals surface area contributed by atoms with E-state index in [-0.39, 0.29) is 16.5 Å². The Morgan fingerprint density at radius 3 is 2.35 bits per heavy atom. The molecule has 31 heavy (non-hydrogen) atoms. The number of para-hydroxylation sites is 1. The molecule has 1 amide bonds. The largest absolute Gasteiger partial charge is 0.369 e. The smallest absolute Gasteiger partial charge is 0.271 e. The van der Waals surface area contributed by atoms with Gasteiger partial charge in [-0.05, 0) is 25.1 Å². The second-order valence-electron chi connectivity index (χ2n) is 7.66. The standard InChI is InChI=1S/C21H26N4O5S/c1-16(23-8-10-24(11-9-23)18-6-4-3-5-7-18)15-22-21(26)17-12-19(25(27)28)14-20(13-17)31(2,29)30/h3-7,12-14,16H,8-11,15H2,1-2H3,(H,22,26). The molecule has 2 aromatic carbocycles. The quantitative estimate of drug-likeness (QED) is 0.511. The number of rotatable bonds is 7. The first-order chi connectivity index (χ1) is 14.6. The van der Waals surface area contributed by atoms with Crippen LogP contribution in [0.5, 0.6) is 0 Å². The van der Waals surface area contributed by atoms with Gasteiger partial charge in [-0.15, -0.1) is 0 Å². The van der Waals surface area contributed by atoms with Gasteiger partial charge in [0.1, 0.15) is 0 Å². The minimum absolute atomic E-state index is 0.0456. The van der Waals surface area contributed by atoms with Gasteiger partial charge in [0, 0.05) is 68.4 Å². The maximum atomic E-state index is 12.6. The number of anilines is 1. The Kier molecular flexibility index (Phi) is 6.91. The number of piperazine rings is 1. The predicted molar refractivity (Wildman–Crippen MR) is 118 cm³/mol. The van der Waals surface area contributed by atoms with Gasteiger partial charge in [0.25, 0.3) is 11.6 Å². The van der Waals surface area contributed by atoms with Crippen LogP contribution in [0.15, 0.2) is 53.4 Å². The van der Waals surface area contributed by atoms with Gasteiger partial charge in [-0.1, -0.05) is 18.2 Å². The van der Waals surface area contributed by atoms with E-state index in [1.807, 2.05) is 25.1 Å². The number of sulfone groups is 1. The summed E-state index contributed by atoms with van der Waals surface area (Å²) < 4.78 is 23.6. The van der Waals surface area contributed by atoms with Crippen LogP contribution in [-0.4, -0.2) is 69.2 Å². The number of benzene rings is 2. The van der Waals surface area contributed by atoms with Crippen molar-refractivity contribution in [3.63, 3.8) is 0 Å². The summed E-state index contributed by atoms with van der Waals surface area (Å²) in [6.45, 7) is 5.81. The Morgan fingerprint density at radius 1 is 1.13 bits per heavy atom. The summed E-state index contributed by atoms with van der Waals surface area (Å²) in [6.07, 6.45) is 0.949. The minimum atomic E-state index is -3.69. The number of hydrogen-bond donors (Lipinski definition) is 1. The third-order valence-electron chi connectivity index (χ3n) is 5.41. The third-order valence-corrected chi connectivity index (χ3v) is 6.50. The summed E-state index contributed by atoms with van der Waals surface area (Å²) in [6, 6.07) is 13.5. The molecule has 10 heteroatoms. The summed E-state index contributed by atoms with van der Waals surface area (Å²) in [4.78, 5) is 27.3. The monoisotopic (exact) mass is 446 g/mol. The van der Waals surface area contributed by atoms with Gasteiger partial charge in [0.05, 0.1) is 9.82 Å². The predicted octanol–water partition coefficient (Wildman–Crippen LogP) is 1.94. The van der Waals surface area contributed by atoms with Gasteiger partial charge in [-0.3, -0.25) is 19.8 Å². The molecule has 0 saturated carbocycles. The highest BCUT2D eigenvalue weighted by Gasteiger charge is 2.23. The van der Waals surface area contributed by atoms with Crippen LogP contribution >= 0.6 is 0 Å². The van der Waals surface area contributed by atoms with Crippen molar-refractivity contribution >= 4 is 27.1 Å². The van der Waals surface area contributed by atoms with Crippen LogP contribution in [0.25, 0.3) is 0 Å². The van der Waals surface area contributed by atoms with Gasteiger partial charge < -0.3 is 10.2 Å². The lowest BCUT2D eigenvalue weighted by molar-refractivity contribution is -0.385. The SMILES string of the molecule is CC(CNC(=O)c1cc([N+](=O)[O-])cc(S(C)(=O)=O)c1)N1CCN(c2ccccc2)CC1. The Morgan fingerprint density at radius 2 is 1.77 bits per heavy atom. The molecule has 0 radical (unpaired) electrons. The summed E-state index contributed by atoms with van der Waals surface area (Å²) in [5.41, 5.74) is 0.712. The fraction of sp³-hybridized carbons (Fsp3) is 0.381. The molecule has 1 aliphatic heterocycles. The Labute approximate surface area is 181 Å². The molecule has 1 saturated heterocycles. The van der Waals surface area contributed by atoms with Crippen LogP contribution in [0.2, 0.25) is 0 Å². The zero-order valence-corrected chi connectivity index (χ0v) is 18.3. The molecule has 1 heterocycles. The van der Waals surface area contributed by atoms with E-state index in [2.05, 4.69) is 27.2 Å². The van der Waals surface area contributed by atoms with Crippen LogP contribution in [0.4, 0.5) is 11.4 Å². The van der Waals surface area contributed by atoms with E-state index >= 15 is 0 Å². The van der Waals surface area contributed by atoms with E-state index in [0.29, 0.717) is 6.54 Å². The highest BCUT2D eigenvalue weighted by atomic mass is 32.2. The molecule has 1 aliphatic rings. The molecule has 1 N–H and O–H groups in total. The van der Waals surface area contributed by atoms with Crippen molar-refractivity contribution in [2.24, 2.45) is 0 Å². The topological polar surface area (TPSA) is 113 Å². The number of nitro groups is 1. The summed E-state index contributed by atoms with van der Waals surface area (Å²) in [5.74, 6) is -0.539. The van der Waals surface area contributed by atoms with Crippen molar-refractivity contribution in [2.75, 3.05) is 43.9 Å². The second kappa shape index (κ2) is 9.44. The molecule has 1 atom stereocenters. The average molecular weight is 447 g/mol. The zero-order valence-electron chi connectivity index (χ0n) is 17.5. The number of nitrogens with zero attached hydrogens (tertiary/aromatic N) is 3. The normalized spacial score (nSPS) is 16.0. The number of carbonyl (C=O) groups is 1. The van der Waals surface area contributed by atoms with E-state index in [9.17, 15) is 23.3 Å². The van der Waals surface area contributed by atoms with Crippen LogP contribution in [0.3, 0.4) is 0 Å². The van der Waals surface area contributed by atoms with Crippen LogP contribution in [0, 0.1) is 10.1 Å². The molecule has 3 rings (SSSR count). The average Bonchev–Trinajstić information content (AvgIpc) is 2.77. The molecular weight excluding hydrogens is 420 g/mol. The molecule has 0 aromatic heterocycles. The first-order valence-corrected chi connectivity index (χ1v) is 11.9. The first kappa shape index (κ1) is 22.7. The van der Waals surface area contributed by atoms with Crippen molar-refractivity contribution in [2.45, 2.75) is 17.9 Å². The van der Waals surface area contributed by atoms with E-state index in [4.69, 9.17) is 0 Å². The number of nitro benzene ring substituents is 1. The second-order valence-corrected chi connectivity index (χ2v) is 9.68. The van der Waals surface area contributed by atoms with Crippen molar-refractivity contribution < 1.29 is 18.1 Å². The lowest BCUT2D eigenvalue weighted by atomic mass is 10.1. The van der Waals surface area contributed by atoms with Gasteiger partial charge in [0.15, 0.2) is 9.84 Å². The lowest BCUT2D eigenvalue weighted by Crippen LogP contribution is -2.52. The summed E-state index contributed by atoms with van der Waals surface area (Å²) in [7, 11) is -3.69. The molecule has 9 nitrogen and oxygen atoms in total. The number of carbonyl (C=O) groups excluding carboxylic acids is 1. The molecule has 166 valence electrons. The van der Waals surface area contributed by atoms with E-state index in [1.165, 1.54) is 11.8 Å². The van der Waals surface area contributed by atoms with E-state index < -0.39 is 26.4 Å². The highest BCUT2D eigenvalue weighted by molar-refractivity contribution is 7.90. The Hall–Kier alpha value is -2.98. The number of amides is 1.